The summed E-state index contributed by atoms with van der Waals surface area (Å²) in [5, 5.41) is 0. The average Bonchev–Trinajstić information content (AvgIpc) is 2.78. The van der Waals surface area contributed by atoms with Crippen LogP contribution in [0.1, 0.15) is 18.3 Å². The van der Waals surface area contributed by atoms with Crippen LogP contribution in [0.5, 0.6) is 5.88 Å². The molecule has 0 unspecified atom stereocenters. The standard InChI is InChI=1S/C15H16N4O/c1-3-20-15-13-14(16-10-17-15)19(11(2)18-13)9-12-7-5-4-6-8-12/h4-8,10H,3,9H2,1-2H3. The highest BCUT2D eigenvalue weighted by atomic mass is 16.5. The van der Waals surface area contributed by atoms with Crippen LogP contribution in [0.4, 0.5) is 0 Å². The van der Waals surface area contributed by atoms with Crippen LogP contribution >= 0.6 is 0 Å². The molecular weight excluding hydrogens is 252 g/mol. The van der Waals surface area contributed by atoms with Gasteiger partial charge in [0.05, 0.1) is 13.2 Å². The second kappa shape index (κ2) is 5.28. The minimum Gasteiger partial charge on any atom is -0.476 e. The van der Waals surface area contributed by atoms with Gasteiger partial charge in [-0.3, -0.25) is 0 Å². The molecule has 0 atom stereocenters. The van der Waals surface area contributed by atoms with Crippen molar-refractivity contribution >= 4 is 11.2 Å². The van der Waals surface area contributed by atoms with Crippen LogP contribution in [-0.4, -0.2) is 26.1 Å². The lowest BCUT2D eigenvalue weighted by atomic mass is 10.2. The molecule has 0 spiro atoms. The topological polar surface area (TPSA) is 52.8 Å². The van der Waals surface area contributed by atoms with Crippen LogP contribution in [0.2, 0.25) is 0 Å². The van der Waals surface area contributed by atoms with E-state index in [0.29, 0.717) is 12.5 Å². The van der Waals surface area contributed by atoms with Gasteiger partial charge in [0, 0.05) is 0 Å². The molecule has 5 nitrogen and oxygen atoms in total. The van der Waals surface area contributed by atoms with Crippen molar-refractivity contribution in [2.24, 2.45) is 0 Å². The van der Waals surface area contributed by atoms with Crippen molar-refractivity contribution in [2.45, 2.75) is 20.4 Å². The summed E-state index contributed by atoms with van der Waals surface area (Å²) in [6, 6.07) is 10.3. The molecule has 1 aromatic carbocycles. The Balaban J connectivity index is 2.07. The van der Waals surface area contributed by atoms with Crippen molar-refractivity contribution in [1.29, 1.82) is 0 Å². The number of hydrogen-bond donors (Lipinski definition) is 0. The first kappa shape index (κ1) is 12.6. The van der Waals surface area contributed by atoms with Crippen molar-refractivity contribution in [3.63, 3.8) is 0 Å². The number of hydrogen-bond acceptors (Lipinski definition) is 4. The number of ether oxygens (including phenoxy) is 1. The Hall–Kier alpha value is -2.43. The summed E-state index contributed by atoms with van der Waals surface area (Å²) in [6.07, 6.45) is 1.52. The molecule has 2 heterocycles. The Labute approximate surface area is 117 Å². The van der Waals surface area contributed by atoms with Gasteiger partial charge in [-0.05, 0) is 19.4 Å². The second-order valence-corrected chi connectivity index (χ2v) is 4.51. The predicted octanol–water partition coefficient (Wildman–Crippen LogP) is 2.58. The molecule has 0 fully saturated rings. The molecule has 0 radical (unpaired) electrons. The summed E-state index contributed by atoms with van der Waals surface area (Å²) >= 11 is 0. The maximum absolute atomic E-state index is 5.51. The zero-order valence-corrected chi connectivity index (χ0v) is 11.6. The molecule has 0 saturated heterocycles. The Morgan fingerprint density at radius 2 is 1.95 bits per heavy atom. The number of benzene rings is 1. The predicted molar refractivity (Wildman–Crippen MR) is 76.8 cm³/mol. The number of imidazole rings is 1. The Morgan fingerprint density at radius 1 is 1.15 bits per heavy atom. The molecule has 5 heteroatoms. The second-order valence-electron chi connectivity index (χ2n) is 4.51. The van der Waals surface area contributed by atoms with Gasteiger partial charge in [-0.1, -0.05) is 30.3 Å². The zero-order chi connectivity index (χ0) is 13.9. The van der Waals surface area contributed by atoms with E-state index in [4.69, 9.17) is 4.74 Å². The van der Waals surface area contributed by atoms with Gasteiger partial charge in [0.15, 0.2) is 11.2 Å². The van der Waals surface area contributed by atoms with Crippen LogP contribution in [0, 0.1) is 6.92 Å². The van der Waals surface area contributed by atoms with Gasteiger partial charge in [-0.15, -0.1) is 0 Å². The number of nitrogens with zero attached hydrogens (tertiary/aromatic N) is 4. The first-order chi connectivity index (χ1) is 9.79. The van der Waals surface area contributed by atoms with E-state index in [-0.39, 0.29) is 0 Å². The van der Waals surface area contributed by atoms with Gasteiger partial charge < -0.3 is 9.30 Å². The Bertz CT molecular complexity index is 721. The quantitative estimate of drug-likeness (QED) is 0.729. The van der Waals surface area contributed by atoms with Crippen LogP contribution in [0.25, 0.3) is 11.2 Å². The third-order valence-corrected chi connectivity index (χ3v) is 3.15. The van der Waals surface area contributed by atoms with Crippen molar-refractivity contribution < 1.29 is 4.74 Å². The fourth-order valence-electron chi connectivity index (χ4n) is 2.22. The summed E-state index contributed by atoms with van der Waals surface area (Å²) in [4.78, 5) is 13.0. The van der Waals surface area contributed by atoms with E-state index in [1.54, 1.807) is 0 Å². The first-order valence-corrected chi connectivity index (χ1v) is 6.64. The maximum atomic E-state index is 5.51. The fourth-order valence-corrected chi connectivity index (χ4v) is 2.22. The first-order valence-electron chi connectivity index (χ1n) is 6.64. The number of aromatic nitrogens is 4. The van der Waals surface area contributed by atoms with Gasteiger partial charge in [-0.2, -0.15) is 4.98 Å². The Kier molecular flexibility index (Phi) is 3.33. The smallest absolute Gasteiger partial charge is 0.245 e. The Morgan fingerprint density at radius 3 is 2.70 bits per heavy atom. The molecule has 0 aliphatic heterocycles. The number of aryl methyl sites for hydroxylation is 1. The lowest BCUT2D eigenvalue weighted by molar-refractivity contribution is 0.330. The molecule has 20 heavy (non-hydrogen) atoms. The van der Waals surface area contributed by atoms with Gasteiger partial charge >= 0.3 is 0 Å². The van der Waals surface area contributed by atoms with E-state index in [1.165, 1.54) is 11.9 Å². The minimum absolute atomic E-state index is 0.549. The molecule has 2 aromatic heterocycles. The van der Waals surface area contributed by atoms with Crippen LogP contribution in [0.3, 0.4) is 0 Å². The van der Waals surface area contributed by atoms with Crippen molar-refractivity contribution in [3.05, 3.63) is 48.0 Å². The van der Waals surface area contributed by atoms with Gasteiger partial charge in [0.25, 0.3) is 0 Å². The summed E-state index contributed by atoms with van der Waals surface area (Å²) in [5.74, 6) is 1.46. The average molecular weight is 268 g/mol. The summed E-state index contributed by atoms with van der Waals surface area (Å²) in [5.41, 5.74) is 2.75. The van der Waals surface area contributed by atoms with Gasteiger partial charge in [0.2, 0.25) is 5.88 Å². The maximum Gasteiger partial charge on any atom is 0.245 e. The lowest BCUT2D eigenvalue weighted by Gasteiger charge is -2.06. The van der Waals surface area contributed by atoms with Crippen LogP contribution in [-0.2, 0) is 6.54 Å². The van der Waals surface area contributed by atoms with Gasteiger partial charge in [0.1, 0.15) is 12.2 Å². The molecule has 3 aromatic rings. The molecule has 0 bridgehead atoms. The largest absolute Gasteiger partial charge is 0.476 e. The number of fused-ring (bicyclic) bond motifs is 1. The van der Waals surface area contributed by atoms with Gasteiger partial charge in [-0.25, -0.2) is 9.97 Å². The highest BCUT2D eigenvalue weighted by Crippen LogP contribution is 2.22. The number of rotatable bonds is 4. The summed E-state index contributed by atoms with van der Waals surface area (Å²) in [6.45, 7) is 5.21. The van der Waals surface area contributed by atoms with E-state index in [9.17, 15) is 0 Å². The highest BCUT2D eigenvalue weighted by molar-refractivity contribution is 5.76. The SMILES string of the molecule is CCOc1ncnc2c1nc(C)n2Cc1ccccc1. The molecule has 0 aliphatic rings. The molecular formula is C15H16N4O. The molecule has 0 amide bonds. The summed E-state index contributed by atoms with van der Waals surface area (Å²) < 4.78 is 7.59. The van der Waals surface area contributed by atoms with E-state index < -0.39 is 0 Å². The molecule has 3 rings (SSSR count). The highest BCUT2D eigenvalue weighted by Gasteiger charge is 2.14. The third kappa shape index (κ3) is 2.22. The van der Waals surface area contributed by atoms with Crippen LogP contribution in [0.15, 0.2) is 36.7 Å². The normalized spacial score (nSPS) is 10.9. The van der Waals surface area contributed by atoms with Crippen molar-refractivity contribution in [1.82, 2.24) is 19.5 Å². The third-order valence-electron chi connectivity index (χ3n) is 3.15. The van der Waals surface area contributed by atoms with E-state index in [1.807, 2.05) is 32.0 Å². The van der Waals surface area contributed by atoms with E-state index in [2.05, 4.69) is 31.7 Å². The zero-order valence-electron chi connectivity index (χ0n) is 11.6. The lowest BCUT2D eigenvalue weighted by Crippen LogP contribution is -2.03. The fraction of sp³-hybridized carbons (Fsp3) is 0.267. The van der Waals surface area contributed by atoms with Crippen molar-refractivity contribution in [3.8, 4) is 5.88 Å². The summed E-state index contributed by atoms with van der Waals surface area (Å²) in [7, 11) is 0. The van der Waals surface area contributed by atoms with Crippen LogP contribution < -0.4 is 4.74 Å². The molecule has 0 saturated carbocycles. The van der Waals surface area contributed by atoms with Crippen molar-refractivity contribution in [2.75, 3.05) is 6.61 Å². The molecule has 0 N–H and O–H groups in total. The minimum atomic E-state index is 0.549. The molecule has 0 aliphatic carbocycles. The van der Waals surface area contributed by atoms with E-state index in [0.717, 1.165) is 23.5 Å². The monoisotopic (exact) mass is 268 g/mol. The molecule has 102 valence electrons. The van der Waals surface area contributed by atoms with E-state index >= 15 is 0 Å².